The largest absolute Gasteiger partial charge is 0.324 e. The van der Waals surface area contributed by atoms with Gasteiger partial charge in [-0.2, -0.15) is 0 Å². The summed E-state index contributed by atoms with van der Waals surface area (Å²) in [4.78, 5) is 0.0903. The molecule has 0 saturated carbocycles. The second-order valence-electron chi connectivity index (χ2n) is 3.90. The van der Waals surface area contributed by atoms with E-state index in [1.54, 1.807) is 18.2 Å². The van der Waals surface area contributed by atoms with Crippen molar-refractivity contribution in [1.29, 1.82) is 0 Å². The molecular weight excluding hydrogens is 321 g/mol. The van der Waals surface area contributed by atoms with Crippen molar-refractivity contribution in [2.45, 2.75) is 4.90 Å². The minimum absolute atomic E-state index is 0.0903. The molecule has 106 valence electrons. The van der Waals surface area contributed by atoms with Crippen molar-refractivity contribution in [3.63, 3.8) is 0 Å². The topological polar surface area (TPSA) is 84.2 Å². The van der Waals surface area contributed by atoms with Crippen LogP contribution in [0.5, 0.6) is 0 Å². The van der Waals surface area contributed by atoms with Gasteiger partial charge in [0.15, 0.2) is 0 Å². The predicted molar refractivity (Wildman–Crippen MR) is 81.5 cm³/mol. The number of anilines is 2. The molecule has 0 aromatic heterocycles. The van der Waals surface area contributed by atoms with E-state index in [1.807, 2.05) is 0 Å². The van der Waals surface area contributed by atoms with Gasteiger partial charge in [0.2, 0.25) is 0 Å². The van der Waals surface area contributed by atoms with Crippen molar-refractivity contribution in [3.05, 3.63) is 52.5 Å². The third-order valence-corrected chi connectivity index (χ3v) is 4.45. The summed E-state index contributed by atoms with van der Waals surface area (Å²) in [6.45, 7) is 0. The minimum Gasteiger partial charge on any atom is -0.324 e. The average molecular weight is 332 g/mol. The monoisotopic (exact) mass is 331 g/mol. The van der Waals surface area contributed by atoms with E-state index in [4.69, 9.17) is 29.0 Å². The Hall–Kier alpha value is -1.47. The van der Waals surface area contributed by atoms with Gasteiger partial charge in [-0.3, -0.25) is 10.6 Å². The molecule has 4 N–H and O–H groups in total. The van der Waals surface area contributed by atoms with Crippen LogP contribution in [0.2, 0.25) is 10.0 Å². The molecule has 0 aliphatic carbocycles. The highest BCUT2D eigenvalue weighted by molar-refractivity contribution is 7.92. The summed E-state index contributed by atoms with van der Waals surface area (Å²) in [6, 6.07) is 10.5. The van der Waals surface area contributed by atoms with E-state index in [0.717, 1.165) is 0 Å². The quantitative estimate of drug-likeness (QED) is 0.593. The van der Waals surface area contributed by atoms with Crippen LogP contribution in [-0.4, -0.2) is 8.42 Å². The Kier molecular flexibility index (Phi) is 4.39. The molecule has 0 amide bonds. The van der Waals surface area contributed by atoms with Gasteiger partial charge >= 0.3 is 0 Å². The number of hydrogen-bond acceptors (Lipinski definition) is 4. The van der Waals surface area contributed by atoms with E-state index < -0.39 is 10.0 Å². The van der Waals surface area contributed by atoms with Crippen LogP contribution in [-0.2, 0) is 10.0 Å². The van der Waals surface area contributed by atoms with Crippen LogP contribution in [0.4, 0.5) is 11.4 Å². The zero-order valence-electron chi connectivity index (χ0n) is 10.1. The molecule has 20 heavy (non-hydrogen) atoms. The molecule has 0 aliphatic heterocycles. The first-order chi connectivity index (χ1) is 9.42. The van der Waals surface area contributed by atoms with Crippen LogP contribution in [0, 0.1) is 0 Å². The maximum Gasteiger partial charge on any atom is 0.261 e. The number of nitrogen functional groups attached to an aromatic ring is 1. The first-order valence-corrected chi connectivity index (χ1v) is 7.71. The highest BCUT2D eigenvalue weighted by atomic mass is 35.5. The molecular formula is C12H11Cl2N3O2S. The summed E-state index contributed by atoms with van der Waals surface area (Å²) in [6.07, 6.45) is 0. The van der Waals surface area contributed by atoms with Gasteiger partial charge in [-0.05, 0) is 42.5 Å². The molecule has 2 rings (SSSR count). The van der Waals surface area contributed by atoms with Gasteiger partial charge in [-0.15, -0.1) is 0 Å². The smallest absolute Gasteiger partial charge is 0.261 e. The van der Waals surface area contributed by atoms with Crippen molar-refractivity contribution in [3.8, 4) is 0 Å². The maximum absolute atomic E-state index is 12.2. The fraction of sp³-hybridized carbons (Fsp3) is 0. The maximum atomic E-state index is 12.2. The van der Waals surface area contributed by atoms with Gasteiger partial charge in [0, 0.05) is 10.7 Å². The van der Waals surface area contributed by atoms with Gasteiger partial charge in [-0.1, -0.05) is 23.2 Å². The Bertz CT molecular complexity index is 718. The van der Waals surface area contributed by atoms with Crippen molar-refractivity contribution in [2.75, 3.05) is 10.1 Å². The van der Waals surface area contributed by atoms with Crippen molar-refractivity contribution >= 4 is 44.6 Å². The van der Waals surface area contributed by atoms with Crippen LogP contribution in [0.15, 0.2) is 47.4 Å². The van der Waals surface area contributed by atoms with Gasteiger partial charge in [-0.25, -0.2) is 8.42 Å². The Morgan fingerprint density at radius 1 is 1.00 bits per heavy atom. The zero-order valence-corrected chi connectivity index (χ0v) is 12.4. The summed E-state index contributed by atoms with van der Waals surface area (Å²) >= 11 is 11.7. The number of halogens is 2. The molecule has 0 atom stereocenters. The van der Waals surface area contributed by atoms with E-state index >= 15 is 0 Å². The Balaban J connectivity index is 2.32. The fourth-order valence-electron chi connectivity index (χ4n) is 1.51. The number of hydrazine groups is 1. The summed E-state index contributed by atoms with van der Waals surface area (Å²) < 4.78 is 26.8. The number of benzene rings is 2. The molecule has 8 heteroatoms. The summed E-state index contributed by atoms with van der Waals surface area (Å²) in [5.41, 5.74) is 3.24. The van der Waals surface area contributed by atoms with Crippen molar-refractivity contribution < 1.29 is 8.42 Å². The molecule has 0 unspecified atom stereocenters. The lowest BCUT2D eigenvalue weighted by Crippen LogP contribution is -2.13. The number of hydrogen-bond donors (Lipinski definition) is 3. The lowest BCUT2D eigenvalue weighted by atomic mass is 10.3. The van der Waals surface area contributed by atoms with Gasteiger partial charge in [0.1, 0.15) is 0 Å². The van der Waals surface area contributed by atoms with E-state index in [2.05, 4.69) is 10.1 Å². The standard InChI is InChI=1S/C12H11Cl2N3O2S/c13-8-1-6-11(14)12(7-8)17-20(18,19)10-4-2-9(16-15)3-5-10/h1-7,16-17H,15H2. The number of sulfonamides is 1. The third-order valence-electron chi connectivity index (χ3n) is 2.50. The minimum atomic E-state index is -3.74. The lowest BCUT2D eigenvalue weighted by molar-refractivity contribution is 0.601. The third kappa shape index (κ3) is 3.34. The fourth-order valence-corrected chi connectivity index (χ4v) is 2.97. The molecule has 0 aliphatic rings. The highest BCUT2D eigenvalue weighted by Crippen LogP contribution is 2.27. The molecule has 0 bridgehead atoms. The Labute approximate surface area is 126 Å². The number of rotatable bonds is 4. The van der Waals surface area contributed by atoms with Gasteiger partial charge in [0.25, 0.3) is 10.0 Å². The van der Waals surface area contributed by atoms with Gasteiger partial charge < -0.3 is 5.43 Å². The molecule has 2 aromatic rings. The van der Waals surface area contributed by atoms with Crippen molar-refractivity contribution in [2.24, 2.45) is 5.84 Å². The predicted octanol–water partition coefficient (Wildman–Crippen LogP) is 3.08. The number of nitrogens with one attached hydrogen (secondary N) is 2. The molecule has 5 nitrogen and oxygen atoms in total. The summed E-state index contributed by atoms with van der Waals surface area (Å²) in [5.74, 6) is 5.22. The lowest BCUT2D eigenvalue weighted by Gasteiger charge is -2.10. The van der Waals surface area contributed by atoms with E-state index in [9.17, 15) is 8.42 Å². The Morgan fingerprint density at radius 2 is 1.65 bits per heavy atom. The van der Waals surface area contributed by atoms with Crippen molar-refractivity contribution in [1.82, 2.24) is 0 Å². The molecule has 0 spiro atoms. The molecule has 0 radical (unpaired) electrons. The normalized spacial score (nSPS) is 11.2. The van der Waals surface area contributed by atoms with E-state index in [-0.39, 0.29) is 15.6 Å². The summed E-state index contributed by atoms with van der Waals surface area (Å²) in [7, 11) is -3.74. The van der Waals surface area contributed by atoms with Crippen LogP contribution >= 0.6 is 23.2 Å². The molecule has 0 saturated heterocycles. The summed E-state index contributed by atoms with van der Waals surface area (Å²) in [5, 5.41) is 0.646. The van der Waals surface area contributed by atoms with E-state index in [0.29, 0.717) is 10.7 Å². The zero-order chi connectivity index (χ0) is 14.8. The Morgan fingerprint density at radius 3 is 2.25 bits per heavy atom. The van der Waals surface area contributed by atoms with Crippen LogP contribution in [0.3, 0.4) is 0 Å². The van der Waals surface area contributed by atoms with Crippen LogP contribution in [0.25, 0.3) is 0 Å². The molecule has 2 aromatic carbocycles. The second-order valence-corrected chi connectivity index (χ2v) is 6.42. The number of nitrogens with two attached hydrogens (primary N) is 1. The molecule has 0 heterocycles. The highest BCUT2D eigenvalue weighted by Gasteiger charge is 2.15. The van der Waals surface area contributed by atoms with Gasteiger partial charge in [0.05, 0.1) is 15.6 Å². The van der Waals surface area contributed by atoms with Crippen LogP contribution < -0.4 is 16.0 Å². The molecule has 0 fully saturated rings. The SMILES string of the molecule is NNc1ccc(S(=O)(=O)Nc2cc(Cl)ccc2Cl)cc1. The average Bonchev–Trinajstić information content (AvgIpc) is 2.43. The second kappa shape index (κ2) is 5.88. The first kappa shape index (κ1) is 14.9. The first-order valence-electron chi connectivity index (χ1n) is 5.47. The van der Waals surface area contributed by atoms with E-state index in [1.165, 1.54) is 24.3 Å². The van der Waals surface area contributed by atoms with Crippen LogP contribution in [0.1, 0.15) is 0 Å².